The first kappa shape index (κ1) is 17.8. The lowest BCUT2D eigenvalue weighted by Gasteiger charge is -2.07. The number of ether oxygens (including phenoxy) is 2. The van der Waals surface area contributed by atoms with Crippen molar-refractivity contribution in [2.75, 3.05) is 20.3 Å². The highest BCUT2D eigenvalue weighted by Crippen LogP contribution is 2.18. The number of hydrogen-bond donors (Lipinski definition) is 1. The summed E-state index contributed by atoms with van der Waals surface area (Å²) in [6, 6.07) is 11.6. The molecule has 0 aliphatic carbocycles. The lowest BCUT2D eigenvalue weighted by atomic mass is 10.2. The van der Waals surface area contributed by atoms with Gasteiger partial charge in [0.1, 0.15) is 5.75 Å². The summed E-state index contributed by atoms with van der Waals surface area (Å²) in [4.78, 5) is 16.5. The average molecular weight is 353 g/mol. The third-order valence-corrected chi connectivity index (χ3v) is 4.12. The van der Waals surface area contributed by atoms with Crippen LogP contribution in [-0.4, -0.2) is 35.6 Å². The highest BCUT2D eigenvalue weighted by molar-refractivity contribution is 5.77. The quantitative estimate of drug-likeness (QED) is 0.676. The van der Waals surface area contributed by atoms with E-state index in [-0.39, 0.29) is 12.5 Å². The van der Waals surface area contributed by atoms with Crippen molar-refractivity contribution in [3.8, 4) is 11.5 Å². The molecule has 136 valence electrons. The Labute approximate surface area is 152 Å². The second-order valence-corrected chi connectivity index (χ2v) is 5.93. The fourth-order valence-corrected chi connectivity index (χ4v) is 2.67. The number of benzene rings is 1. The topological polar surface area (TPSA) is 64.9 Å². The predicted molar refractivity (Wildman–Crippen MR) is 99.8 cm³/mol. The molecule has 0 radical (unpaired) electrons. The van der Waals surface area contributed by atoms with Crippen molar-refractivity contribution in [3.63, 3.8) is 0 Å². The van der Waals surface area contributed by atoms with Crippen LogP contribution in [0.1, 0.15) is 18.2 Å². The zero-order valence-electron chi connectivity index (χ0n) is 15.1. The third kappa shape index (κ3) is 4.33. The third-order valence-electron chi connectivity index (χ3n) is 4.12. The summed E-state index contributed by atoms with van der Waals surface area (Å²) in [5, 5.41) is 2.85. The van der Waals surface area contributed by atoms with Gasteiger partial charge in [-0.2, -0.15) is 0 Å². The van der Waals surface area contributed by atoms with Crippen molar-refractivity contribution >= 4 is 11.6 Å². The number of fused-ring (bicyclic) bond motifs is 1. The number of carbonyl (C=O) groups is 1. The molecule has 0 unspecified atom stereocenters. The maximum absolute atomic E-state index is 11.9. The molecule has 0 fully saturated rings. The summed E-state index contributed by atoms with van der Waals surface area (Å²) < 4.78 is 12.7. The molecule has 2 heterocycles. The molecule has 0 aliphatic heterocycles. The molecular weight excluding hydrogens is 330 g/mol. The number of hydrogen-bond acceptors (Lipinski definition) is 4. The zero-order valence-corrected chi connectivity index (χ0v) is 15.1. The first-order valence-corrected chi connectivity index (χ1v) is 8.68. The Kier molecular flexibility index (Phi) is 5.73. The molecule has 0 saturated carbocycles. The van der Waals surface area contributed by atoms with Gasteiger partial charge in [-0.3, -0.25) is 4.79 Å². The maximum Gasteiger partial charge on any atom is 0.257 e. The van der Waals surface area contributed by atoms with E-state index in [1.54, 1.807) is 7.11 Å². The molecular formula is C20H23N3O3. The monoisotopic (exact) mass is 353 g/mol. The smallest absolute Gasteiger partial charge is 0.257 e. The van der Waals surface area contributed by atoms with Crippen LogP contribution in [0.15, 0.2) is 48.8 Å². The fourth-order valence-electron chi connectivity index (χ4n) is 2.67. The summed E-state index contributed by atoms with van der Waals surface area (Å²) in [7, 11) is 1.62. The number of carbonyl (C=O) groups excluding carboxylic acids is 1. The van der Waals surface area contributed by atoms with E-state index in [0.717, 1.165) is 23.5 Å². The van der Waals surface area contributed by atoms with Gasteiger partial charge in [0.2, 0.25) is 0 Å². The van der Waals surface area contributed by atoms with Crippen molar-refractivity contribution < 1.29 is 14.3 Å². The lowest BCUT2D eigenvalue weighted by Crippen LogP contribution is -2.30. The van der Waals surface area contributed by atoms with Gasteiger partial charge in [0.05, 0.1) is 12.8 Å². The molecule has 0 atom stereocenters. The Hall–Kier alpha value is -3.02. The molecule has 6 heteroatoms. The van der Waals surface area contributed by atoms with Gasteiger partial charge in [0.25, 0.3) is 5.91 Å². The predicted octanol–water partition coefficient (Wildman–Crippen LogP) is 2.64. The summed E-state index contributed by atoms with van der Waals surface area (Å²) in [6.45, 7) is 2.61. The molecule has 3 aromatic rings. The highest BCUT2D eigenvalue weighted by atomic mass is 16.5. The van der Waals surface area contributed by atoms with Crippen LogP contribution in [0.25, 0.3) is 5.65 Å². The standard InChI is InChI=1S/C20H23N3O3/c1-3-15-6-8-17(9-7-15)26-14-19(24)21-11-10-16-13-23-12-4-5-18(25-2)20(23)22-16/h4-9,12-13H,3,10-11,14H2,1-2H3,(H,21,24). The van der Waals surface area contributed by atoms with Crippen molar-refractivity contribution in [2.45, 2.75) is 19.8 Å². The second-order valence-electron chi connectivity index (χ2n) is 5.93. The average Bonchev–Trinajstić information content (AvgIpc) is 3.09. The van der Waals surface area contributed by atoms with Gasteiger partial charge in [-0.05, 0) is 36.2 Å². The van der Waals surface area contributed by atoms with Crippen LogP contribution < -0.4 is 14.8 Å². The largest absolute Gasteiger partial charge is 0.493 e. The molecule has 0 saturated heterocycles. The lowest BCUT2D eigenvalue weighted by molar-refractivity contribution is -0.123. The summed E-state index contributed by atoms with van der Waals surface area (Å²) in [5.41, 5.74) is 2.91. The van der Waals surface area contributed by atoms with Crippen molar-refractivity contribution in [2.24, 2.45) is 0 Å². The van der Waals surface area contributed by atoms with E-state index in [0.29, 0.717) is 18.7 Å². The molecule has 1 N–H and O–H groups in total. The summed E-state index contributed by atoms with van der Waals surface area (Å²) >= 11 is 0. The molecule has 1 aromatic carbocycles. The van der Waals surface area contributed by atoms with Gasteiger partial charge in [-0.15, -0.1) is 0 Å². The van der Waals surface area contributed by atoms with E-state index in [1.807, 2.05) is 53.2 Å². The molecule has 0 spiro atoms. The number of aromatic nitrogens is 2. The summed E-state index contributed by atoms with van der Waals surface area (Å²) in [5.74, 6) is 1.28. The zero-order chi connectivity index (χ0) is 18.4. The molecule has 26 heavy (non-hydrogen) atoms. The van der Waals surface area contributed by atoms with Gasteiger partial charge in [-0.1, -0.05) is 19.1 Å². The number of imidazole rings is 1. The highest BCUT2D eigenvalue weighted by Gasteiger charge is 2.07. The van der Waals surface area contributed by atoms with Crippen LogP contribution in [-0.2, 0) is 17.6 Å². The number of nitrogens with one attached hydrogen (secondary N) is 1. The Morgan fingerprint density at radius 3 is 2.77 bits per heavy atom. The Morgan fingerprint density at radius 1 is 1.23 bits per heavy atom. The maximum atomic E-state index is 11.9. The Balaban J connectivity index is 1.46. The molecule has 6 nitrogen and oxygen atoms in total. The molecule has 3 rings (SSSR count). The first-order chi connectivity index (χ1) is 12.7. The molecule has 1 amide bonds. The van der Waals surface area contributed by atoms with Gasteiger partial charge < -0.3 is 19.2 Å². The number of methoxy groups -OCH3 is 1. The number of nitrogens with zero attached hydrogens (tertiary/aromatic N) is 2. The first-order valence-electron chi connectivity index (χ1n) is 8.68. The van der Waals surface area contributed by atoms with Crippen LogP contribution in [0.4, 0.5) is 0 Å². The van der Waals surface area contributed by atoms with E-state index < -0.39 is 0 Å². The van der Waals surface area contributed by atoms with Gasteiger partial charge in [-0.25, -0.2) is 4.98 Å². The molecule has 0 bridgehead atoms. The van der Waals surface area contributed by atoms with Crippen molar-refractivity contribution in [3.05, 3.63) is 60.0 Å². The van der Waals surface area contributed by atoms with E-state index in [2.05, 4.69) is 17.2 Å². The molecule has 0 aliphatic rings. The van der Waals surface area contributed by atoms with Gasteiger partial charge in [0.15, 0.2) is 18.0 Å². The van der Waals surface area contributed by atoms with Gasteiger partial charge >= 0.3 is 0 Å². The summed E-state index contributed by atoms with van der Waals surface area (Å²) in [6.07, 6.45) is 5.48. The normalized spacial score (nSPS) is 10.7. The van der Waals surface area contributed by atoms with Crippen LogP contribution in [0.3, 0.4) is 0 Å². The van der Waals surface area contributed by atoms with E-state index in [4.69, 9.17) is 9.47 Å². The Morgan fingerprint density at radius 2 is 2.04 bits per heavy atom. The van der Waals surface area contributed by atoms with Gasteiger partial charge in [0, 0.05) is 25.4 Å². The second kappa shape index (κ2) is 8.38. The van der Waals surface area contributed by atoms with Crippen LogP contribution in [0.5, 0.6) is 11.5 Å². The number of amides is 1. The van der Waals surface area contributed by atoms with E-state index in [1.165, 1.54) is 5.56 Å². The number of aryl methyl sites for hydroxylation is 1. The minimum Gasteiger partial charge on any atom is -0.493 e. The van der Waals surface area contributed by atoms with Crippen LogP contribution in [0.2, 0.25) is 0 Å². The number of pyridine rings is 1. The van der Waals surface area contributed by atoms with Crippen molar-refractivity contribution in [1.29, 1.82) is 0 Å². The van der Waals surface area contributed by atoms with Crippen LogP contribution >= 0.6 is 0 Å². The minimum atomic E-state index is -0.147. The SMILES string of the molecule is CCc1ccc(OCC(=O)NCCc2cn3cccc(OC)c3n2)cc1. The van der Waals surface area contributed by atoms with E-state index in [9.17, 15) is 4.79 Å². The fraction of sp³-hybridized carbons (Fsp3) is 0.300. The van der Waals surface area contributed by atoms with Crippen molar-refractivity contribution in [1.82, 2.24) is 14.7 Å². The molecule has 2 aromatic heterocycles. The number of rotatable bonds is 8. The Bertz CT molecular complexity index is 872. The van der Waals surface area contributed by atoms with E-state index >= 15 is 0 Å². The van der Waals surface area contributed by atoms with Crippen LogP contribution in [0, 0.1) is 0 Å². The minimum absolute atomic E-state index is 0.00443.